The van der Waals surface area contributed by atoms with Crippen molar-refractivity contribution in [3.8, 4) is 11.4 Å². The second-order valence-corrected chi connectivity index (χ2v) is 8.36. The number of rotatable bonds is 6. The third-order valence-corrected chi connectivity index (χ3v) is 5.75. The van der Waals surface area contributed by atoms with Gasteiger partial charge in [-0.3, -0.25) is 14.4 Å². The number of phenols is 1. The Morgan fingerprint density at radius 2 is 1.71 bits per heavy atom. The van der Waals surface area contributed by atoms with Crippen LogP contribution in [0.2, 0.25) is 0 Å². The van der Waals surface area contributed by atoms with Crippen molar-refractivity contribution in [2.75, 3.05) is 6.61 Å². The molecule has 0 bridgehead atoms. The Labute approximate surface area is 192 Å². The first-order chi connectivity index (χ1) is 16.2. The number of fused-ring (bicyclic) bond motifs is 1. The largest absolute Gasteiger partial charge is 0.506 e. The molecule has 0 aliphatic heterocycles. The van der Waals surface area contributed by atoms with Gasteiger partial charge in [0.1, 0.15) is 16.3 Å². The zero-order chi connectivity index (χ0) is 24.5. The van der Waals surface area contributed by atoms with Crippen molar-refractivity contribution in [3.63, 3.8) is 0 Å². The summed E-state index contributed by atoms with van der Waals surface area (Å²) in [6, 6.07) is 15.7. The van der Waals surface area contributed by atoms with Crippen molar-refractivity contribution in [1.29, 1.82) is 0 Å². The van der Waals surface area contributed by atoms with Crippen molar-refractivity contribution in [2.24, 2.45) is 10.2 Å². The molecule has 0 aliphatic rings. The normalized spacial score (nSPS) is 11.8. The molecular formula is C22H18N4O7S. The number of carbonyl (C=O) groups excluding carboxylic acids is 1. The molecule has 0 saturated carbocycles. The summed E-state index contributed by atoms with van der Waals surface area (Å²) < 4.78 is 40.1. The lowest BCUT2D eigenvalue weighted by Gasteiger charge is -2.08. The minimum atomic E-state index is -4.87. The molecule has 11 nitrogen and oxygen atoms in total. The molecule has 3 aromatic carbocycles. The topological polar surface area (TPSA) is 163 Å². The monoisotopic (exact) mass is 482 g/mol. The molecule has 0 aliphatic carbocycles. The lowest BCUT2D eigenvalue weighted by molar-refractivity contribution is 0.0520. The molecule has 174 valence electrons. The third kappa shape index (κ3) is 4.19. The van der Waals surface area contributed by atoms with Crippen LogP contribution in [0.1, 0.15) is 17.4 Å². The van der Waals surface area contributed by atoms with Crippen LogP contribution in [0.25, 0.3) is 16.5 Å². The fourth-order valence-corrected chi connectivity index (χ4v) is 4.23. The Kier molecular flexibility index (Phi) is 6.01. The van der Waals surface area contributed by atoms with E-state index in [9.17, 15) is 27.7 Å². The van der Waals surface area contributed by atoms with Gasteiger partial charge in [0.25, 0.3) is 15.7 Å². The van der Waals surface area contributed by atoms with E-state index in [1.807, 2.05) is 0 Å². The quantitative estimate of drug-likeness (QED) is 0.213. The fourth-order valence-electron chi connectivity index (χ4n) is 3.37. The lowest BCUT2D eigenvalue weighted by Crippen LogP contribution is -2.13. The molecule has 4 rings (SSSR count). The molecule has 0 spiro atoms. The Morgan fingerprint density at radius 1 is 1.06 bits per heavy atom. The molecule has 1 aromatic heterocycles. The van der Waals surface area contributed by atoms with Gasteiger partial charge in [-0.2, -0.15) is 8.42 Å². The summed E-state index contributed by atoms with van der Waals surface area (Å²) in [7, 11) is -4.87. The first-order valence-corrected chi connectivity index (χ1v) is 11.4. The van der Waals surface area contributed by atoms with E-state index in [0.29, 0.717) is 11.1 Å². The second kappa shape index (κ2) is 8.92. The number of carbonyl (C=O) groups is 1. The van der Waals surface area contributed by atoms with Crippen molar-refractivity contribution in [3.05, 3.63) is 76.7 Å². The summed E-state index contributed by atoms with van der Waals surface area (Å²) in [6.07, 6.45) is 0. The SMILES string of the molecule is CCOC(=O)c1[nH]n(-c2ccccc2)c(=O)c1N=Nc1c(O)cc2ccccc2c1S(=O)(=O)O. The maximum atomic E-state index is 13.0. The molecule has 12 heteroatoms. The molecule has 0 radical (unpaired) electrons. The highest BCUT2D eigenvalue weighted by molar-refractivity contribution is 7.86. The first-order valence-electron chi connectivity index (χ1n) is 9.94. The van der Waals surface area contributed by atoms with Crippen LogP contribution in [0, 0.1) is 0 Å². The molecule has 1 heterocycles. The van der Waals surface area contributed by atoms with E-state index < -0.39 is 43.7 Å². The molecule has 0 saturated heterocycles. The number of esters is 1. The predicted molar refractivity (Wildman–Crippen MR) is 122 cm³/mol. The number of nitrogens with one attached hydrogen (secondary N) is 1. The summed E-state index contributed by atoms with van der Waals surface area (Å²) in [5.41, 5.74) is -1.77. The van der Waals surface area contributed by atoms with Crippen LogP contribution in [0.5, 0.6) is 5.75 Å². The van der Waals surface area contributed by atoms with Gasteiger partial charge in [0.05, 0.1) is 12.3 Å². The van der Waals surface area contributed by atoms with E-state index in [1.54, 1.807) is 49.4 Å². The number of phenolic OH excluding ortho intramolecular Hbond substituents is 1. The summed E-state index contributed by atoms with van der Waals surface area (Å²) >= 11 is 0. The van der Waals surface area contributed by atoms with Crippen LogP contribution in [0.3, 0.4) is 0 Å². The van der Waals surface area contributed by atoms with Gasteiger partial charge in [-0.1, -0.05) is 42.5 Å². The van der Waals surface area contributed by atoms with Gasteiger partial charge in [0.2, 0.25) is 0 Å². The van der Waals surface area contributed by atoms with Crippen LogP contribution < -0.4 is 5.56 Å². The van der Waals surface area contributed by atoms with Crippen molar-refractivity contribution in [1.82, 2.24) is 9.78 Å². The van der Waals surface area contributed by atoms with Crippen molar-refractivity contribution < 1.29 is 27.6 Å². The van der Waals surface area contributed by atoms with Gasteiger partial charge in [0, 0.05) is 5.39 Å². The fraction of sp³-hybridized carbons (Fsp3) is 0.0909. The number of benzene rings is 3. The maximum Gasteiger partial charge on any atom is 0.358 e. The highest BCUT2D eigenvalue weighted by atomic mass is 32.2. The third-order valence-electron chi connectivity index (χ3n) is 4.82. The average Bonchev–Trinajstić information content (AvgIpc) is 3.13. The highest BCUT2D eigenvalue weighted by Crippen LogP contribution is 2.40. The van der Waals surface area contributed by atoms with E-state index in [2.05, 4.69) is 15.3 Å². The first kappa shape index (κ1) is 22.9. The molecule has 0 fully saturated rings. The zero-order valence-electron chi connectivity index (χ0n) is 17.7. The number of hydrogen-bond acceptors (Lipinski definition) is 8. The Balaban J connectivity index is 1.94. The number of H-pyrrole nitrogens is 1. The van der Waals surface area contributed by atoms with Crippen LogP contribution >= 0.6 is 0 Å². The van der Waals surface area contributed by atoms with Gasteiger partial charge in [0.15, 0.2) is 11.4 Å². The van der Waals surface area contributed by atoms with E-state index in [0.717, 1.165) is 4.68 Å². The minimum absolute atomic E-state index is 0.0202. The summed E-state index contributed by atoms with van der Waals surface area (Å²) in [5.74, 6) is -1.49. The number of aromatic amines is 1. The number of aromatic nitrogens is 2. The Hall–Kier alpha value is -4.29. The van der Waals surface area contributed by atoms with E-state index in [4.69, 9.17) is 4.74 Å². The number of para-hydroxylation sites is 1. The predicted octanol–water partition coefficient (Wildman–Crippen LogP) is 3.86. The molecule has 0 unspecified atom stereocenters. The Bertz CT molecular complexity index is 1590. The van der Waals surface area contributed by atoms with E-state index >= 15 is 0 Å². The molecule has 34 heavy (non-hydrogen) atoms. The molecule has 0 amide bonds. The van der Waals surface area contributed by atoms with Gasteiger partial charge >= 0.3 is 5.97 Å². The van der Waals surface area contributed by atoms with Crippen LogP contribution in [0.4, 0.5) is 11.4 Å². The molecule has 4 aromatic rings. The lowest BCUT2D eigenvalue weighted by atomic mass is 10.1. The maximum absolute atomic E-state index is 13.0. The number of ether oxygens (including phenoxy) is 1. The molecule has 0 atom stereocenters. The van der Waals surface area contributed by atoms with Crippen molar-refractivity contribution >= 4 is 38.2 Å². The number of aromatic hydroxyl groups is 1. The van der Waals surface area contributed by atoms with Gasteiger partial charge in [-0.05, 0) is 30.5 Å². The minimum Gasteiger partial charge on any atom is -0.506 e. The van der Waals surface area contributed by atoms with Gasteiger partial charge < -0.3 is 9.84 Å². The van der Waals surface area contributed by atoms with Crippen LogP contribution in [-0.4, -0.2) is 40.4 Å². The van der Waals surface area contributed by atoms with Gasteiger partial charge in [-0.15, -0.1) is 10.2 Å². The average molecular weight is 482 g/mol. The van der Waals surface area contributed by atoms with E-state index in [1.165, 1.54) is 18.2 Å². The molecular weight excluding hydrogens is 464 g/mol. The highest BCUT2D eigenvalue weighted by Gasteiger charge is 2.25. The summed E-state index contributed by atoms with van der Waals surface area (Å²) in [5, 5.41) is 21.0. The second-order valence-electron chi connectivity index (χ2n) is 7.00. The number of nitrogens with zero attached hydrogens (tertiary/aromatic N) is 3. The van der Waals surface area contributed by atoms with E-state index in [-0.39, 0.29) is 17.7 Å². The van der Waals surface area contributed by atoms with Gasteiger partial charge in [-0.25, -0.2) is 9.48 Å². The van der Waals surface area contributed by atoms with Crippen LogP contribution in [-0.2, 0) is 14.9 Å². The summed E-state index contributed by atoms with van der Waals surface area (Å²) in [4.78, 5) is 24.8. The smallest absolute Gasteiger partial charge is 0.358 e. The van der Waals surface area contributed by atoms with Crippen LogP contribution in [0.15, 0.2) is 80.6 Å². The zero-order valence-corrected chi connectivity index (χ0v) is 18.5. The standard InChI is InChI=1S/C22H18N4O7S/c1-2-33-22(29)19-18(21(28)26(25-19)14-9-4-3-5-10-14)24-23-17-16(27)12-13-8-6-7-11-15(13)20(17)34(30,31)32/h3-12,25,27H,2H2,1H3,(H,30,31,32). The number of azo groups is 1. The molecule has 3 N–H and O–H groups in total. The van der Waals surface area contributed by atoms with Crippen molar-refractivity contribution in [2.45, 2.75) is 11.8 Å². The summed E-state index contributed by atoms with van der Waals surface area (Å²) in [6.45, 7) is 1.60. The number of hydrogen-bond donors (Lipinski definition) is 3. The Morgan fingerprint density at radius 3 is 2.38 bits per heavy atom.